The van der Waals surface area contributed by atoms with Crippen LogP contribution in [0.2, 0.25) is 0 Å². The van der Waals surface area contributed by atoms with E-state index in [-0.39, 0.29) is 30.1 Å². The molecule has 0 spiro atoms. The fourth-order valence-corrected chi connectivity index (χ4v) is 1.97. The lowest BCUT2D eigenvalue weighted by Crippen LogP contribution is -2.34. The highest BCUT2D eigenvalue weighted by atomic mass is 16.5. The van der Waals surface area contributed by atoms with Crippen molar-refractivity contribution in [1.82, 2.24) is 4.90 Å². The second-order valence-electron chi connectivity index (χ2n) is 4.39. The number of imide groups is 1. The number of nitrogens with one attached hydrogen (secondary N) is 1. The average Bonchev–Trinajstić information content (AvgIpc) is 2.76. The van der Waals surface area contributed by atoms with Gasteiger partial charge in [0.1, 0.15) is 11.3 Å². The Bertz CT molecular complexity index is 667. The number of nitrogens with zero attached hydrogens (tertiary/aromatic N) is 1. The van der Waals surface area contributed by atoms with Crippen LogP contribution in [0.5, 0.6) is 5.75 Å². The van der Waals surface area contributed by atoms with E-state index in [1.807, 2.05) is 0 Å². The van der Waals surface area contributed by atoms with Gasteiger partial charge in [0.05, 0.1) is 25.9 Å². The van der Waals surface area contributed by atoms with Crippen LogP contribution in [0.25, 0.3) is 0 Å². The zero-order valence-electron chi connectivity index (χ0n) is 11.7. The first-order chi connectivity index (χ1) is 10.5. The monoisotopic (exact) mass is 306 g/mol. The fourth-order valence-electron chi connectivity index (χ4n) is 1.97. The van der Waals surface area contributed by atoms with Crippen LogP contribution in [0.3, 0.4) is 0 Å². The van der Waals surface area contributed by atoms with Gasteiger partial charge < -0.3 is 20.3 Å². The van der Waals surface area contributed by atoms with E-state index in [0.29, 0.717) is 0 Å². The number of benzene rings is 1. The van der Waals surface area contributed by atoms with E-state index in [4.69, 9.17) is 5.11 Å². The molecule has 22 heavy (non-hydrogen) atoms. The van der Waals surface area contributed by atoms with Crippen molar-refractivity contribution in [2.45, 2.75) is 0 Å². The number of ether oxygens (including phenoxy) is 1. The molecule has 0 aliphatic carbocycles. The summed E-state index contributed by atoms with van der Waals surface area (Å²) >= 11 is 0. The number of methoxy groups -OCH3 is 1. The Morgan fingerprint density at radius 2 is 2.09 bits per heavy atom. The summed E-state index contributed by atoms with van der Waals surface area (Å²) < 4.78 is 4.53. The number of rotatable bonds is 5. The van der Waals surface area contributed by atoms with Crippen LogP contribution in [0.1, 0.15) is 10.4 Å². The van der Waals surface area contributed by atoms with Gasteiger partial charge in [0.2, 0.25) is 0 Å². The number of amides is 2. The maximum atomic E-state index is 12.0. The van der Waals surface area contributed by atoms with E-state index in [1.54, 1.807) is 0 Å². The molecule has 0 radical (unpaired) electrons. The lowest BCUT2D eigenvalue weighted by Gasteiger charge is -2.14. The van der Waals surface area contributed by atoms with Crippen LogP contribution in [0.15, 0.2) is 30.0 Å². The van der Waals surface area contributed by atoms with Crippen LogP contribution in [-0.2, 0) is 14.3 Å². The molecule has 1 heterocycles. The summed E-state index contributed by atoms with van der Waals surface area (Å²) in [6.45, 7) is -0.463. The normalized spacial score (nSPS) is 14.1. The van der Waals surface area contributed by atoms with Crippen molar-refractivity contribution >= 4 is 23.5 Å². The summed E-state index contributed by atoms with van der Waals surface area (Å²) in [6, 6.07) is 4.29. The molecule has 1 aromatic rings. The zero-order chi connectivity index (χ0) is 16.3. The number of aromatic hydroxyl groups is 1. The first-order valence-electron chi connectivity index (χ1n) is 6.35. The van der Waals surface area contributed by atoms with Gasteiger partial charge in [0.15, 0.2) is 5.75 Å². The minimum atomic E-state index is -0.731. The molecule has 8 heteroatoms. The summed E-state index contributed by atoms with van der Waals surface area (Å²) in [5, 5.41) is 21.5. The molecular weight excluding hydrogens is 292 g/mol. The predicted molar refractivity (Wildman–Crippen MR) is 75.0 cm³/mol. The summed E-state index contributed by atoms with van der Waals surface area (Å²) in [5.74, 6) is -2.31. The van der Waals surface area contributed by atoms with Gasteiger partial charge in [0, 0.05) is 6.08 Å². The second kappa shape index (κ2) is 6.27. The smallest absolute Gasteiger partial charge is 0.341 e. The molecule has 1 aromatic carbocycles. The number of aliphatic hydroxyl groups excluding tert-OH is 1. The van der Waals surface area contributed by atoms with E-state index in [1.165, 1.54) is 25.3 Å². The van der Waals surface area contributed by atoms with Crippen LogP contribution in [-0.4, -0.2) is 53.2 Å². The van der Waals surface area contributed by atoms with Crippen molar-refractivity contribution in [3.8, 4) is 5.75 Å². The van der Waals surface area contributed by atoms with Gasteiger partial charge in [-0.1, -0.05) is 6.07 Å². The lowest BCUT2D eigenvalue weighted by atomic mass is 10.1. The van der Waals surface area contributed by atoms with Crippen LogP contribution < -0.4 is 5.32 Å². The lowest BCUT2D eigenvalue weighted by molar-refractivity contribution is -0.137. The van der Waals surface area contributed by atoms with E-state index in [2.05, 4.69) is 10.1 Å². The highest BCUT2D eigenvalue weighted by Crippen LogP contribution is 2.30. The largest absolute Gasteiger partial charge is 0.505 e. The van der Waals surface area contributed by atoms with Gasteiger partial charge in [-0.25, -0.2) is 4.79 Å². The number of esters is 1. The van der Waals surface area contributed by atoms with Crippen molar-refractivity contribution in [2.75, 3.05) is 25.6 Å². The molecule has 0 bridgehead atoms. The average molecular weight is 306 g/mol. The van der Waals surface area contributed by atoms with E-state index in [9.17, 15) is 19.5 Å². The van der Waals surface area contributed by atoms with Gasteiger partial charge >= 0.3 is 5.97 Å². The maximum Gasteiger partial charge on any atom is 0.341 e. The zero-order valence-corrected chi connectivity index (χ0v) is 11.7. The highest BCUT2D eigenvalue weighted by Gasteiger charge is 2.31. The third-order valence-corrected chi connectivity index (χ3v) is 3.04. The number of carbonyl (C=O) groups is 3. The van der Waals surface area contributed by atoms with Gasteiger partial charge in [-0.2, -0.15) is 0 Å². The van der Waals surface area contributed by atoms with Crippen molar-refractivity contribution < 1.29 is 29.3 Å². The van der Waals surface area contributed by atoms with Crippen LogP contribution in [0.4, 0.5) is 5.69 Å². The first-order valence-corrected chi connectivity index (χ1v) is 6.35. The second-order valence-corrected chi connectivity index (χ2v) is 4.39. The Labute approximate surface area is 125 Å². The maximum absolute atomic E-state index is 12.0. The number of carbonyl (C=O) groups excluding carboxylic acids is 3. The molecular formula is C14H14N2O6. The quantitative estimate of drug-likeness (QED) is 0.393. The number of para-hydroxylation sites is 1. The van der Waals surface area contributed by atoms with E-state index in [0.717, 1.165) is 11.0 Å². The SMILES string of the molecule is COC(=O)c1cccc(NC2=CC(=O)N(CCO)C2=O)c1O. The fraction of sp³-hybridized carbons (Fsp3) is 0.214. The molecule has 0 aromatic heterocycles. The van der Waals surface area contributed by atoms with Gasteiger partial charge in [-0.15, -0.1) is 0 Å². The van der Waals surface area contributed by atoms with Gasteiger partial charge in [-0.3, -0.25) is 14.5 Å². The molecule has 1 aliphatic heterocycles. The summed E-state index contributed by atoms with van der Waals surface area (Å²) in [6.07, 6.45) is 1.06. The van der Waals surface area contributed by atoms with Crippen molar-refractivity contribution in [3.05, 3.63) is 35.5 Å². The molecule has 0 saturated heterocycles. The molecule has 0 saturated carbocycles. The molecule has 0 fully saturated rings. The third kappa shape index (κ3) is 2.77. The molecule has 2 amide bonds. The number of phenols is 1. The van der Waals surface area contributed by atoms with Gasteiger partial charge in [-0.05, 0) is 12.1 Å². The van der Waals surface area contributed by atoms with Crippen molar-refractivity contribution in [1.29, 1.82) is 0 Å². The van der Waals surface area contributed by atoms with Crippen molar-refractivity contribution in [2.24, 2.45) is 0 Å². The number of β-amino-alcohol motifs (C(OH)–C–C–N with tert-alkyl or cyclic N) is 1. The summed E-state index contributed by atoms with van der Waals surface area (Å²) in [4.78, 5) is 36.0. The third-order valence-electron chi connectivity index (χ3n) is 3.04. The van der Waals surface area contributed by atoms with Crippen LogP contribution >= 0.6 is 0 Å². The van der Waals surface area contributed by atoms with Gasteiger partial charge in [0.25, 0.3) is 11.8 Å². The summed E-state index contributed by atoms with van der Waals surface area (Å²) in [5.41, 5.74) is -0.0472. The molecule has 8 nitrogen and oxygen atoms in total. The Morgan fingerprint density at radius 1 is 1.36 bits per heavy atom. The molecule has 0 unspecified atom stereocenters. The first kappa shape index (κ1) is 15.5. The number of phenolic OH excluding ortho intramolecular Hbond substituents is 1. The molecule has 1 aliphatic rings. The molecule has 0 atom stereocenters. The molecule has 116 valence electrons. The standard InChI is InChI=1S/C14H14N2O6/c1-22-14(21)8-3-2-4-9(12(8)19)15-10-7-11(18)16(5-6-17)13(10)20/h2-4,7,15,17,19H,5-6H2,1H3. The molecule has 2 rings (SSSR count). The topological polar surface area (TPSA) is 116 Å². The van der Waals surface area contributed by atoms with E-state index < -0.39 is 23.5 Å². The Hall–Kier alpha value is -2.87. The van der Waals surface area contributed by atoms with Crippen LogP contribution in [0, 0.1) is 0 Å². The van der Waals surface area contributed by atoms with Crippen molar-refractivity contribution in [3.63, 3.8) is 0 Å². The number of aliphatic hydroxyl groups is 1. The number of hydrogen-bond donors (Lipinski definition) is 3. The number of hydrogen-bond acceptors (Lipinski definition) is 7. The number of anilines is 1. The Balaban J connectivity index is 2.25. The molecule has 3 N–H and O–H groups in total. The predicted octanol–water partition coefficient (Wildman–Crippen LogP) is -0.164. The minimum Gasteiger partial charge on any atom is -0.505 e. The minimum absolute atomic E-state index is 0.0595. The Kier molecular flexibility index (Phi) is 4.42. The highest BCUT2D eigenvalue weighted by molar-refractivity contribution is 6.17. The Morgan fingerprint density at radius 3 is 2.73 bits per heavy atom. The summed E-state index contributed by atoms with van der Waals surface area (Å²) in [7, 11) is 1.18. The van der Waals surface area contributed by atoms with E-state index >= 15 is 0 Å².